The Morgan fingerprint density at radius 2 is 2.20 bits per heavy atom. The number of hydrogen-bond acceptors (Lipinski definition) is 4. The van der Waals surface area contributed by atoms with Crippen LogP contribution in [0.2, 0.25) is 0 Å². The number of hydrogen-bond donors (Lipinski definition) is 0. The van der Waals surface area contributed by atoms with Gasteiger partial charge in [0.25, 0.3) is 0 Å². The zero-order chi connectivity index (χ0) is 11.5. The molecule has 1 aromatic heterocycles. The Labute approximate surface area is 101 Å². The molecule has 1 heterocycles. The average Bonchev–Trinajstić information content (AvgIpc) is 2.14. The van der Waals surface area contributed by atoms with Gasteiger partial charge in [-0.2, -0.15) is 0 Å². The summed E-state index contributed by atoms with van der Waals surface area (Å²) < 4.78 is 15.9. The second-order valence-electron chi connectivity index (χ2n) is 3.85. The summed E-state index contributed by atoms with van der Waals surface area (Å²) >= 11 is 2.02. The molecule has 0 saturated heterocycles. The number of halogens is 1. The van der Waals surface area contributed by atoms with Crippen LogP contribution in [0.3, 0.4) is 0 Å². The fraction of sp³-hybridized carbons (Fsp3) is 0.444. The van der Waals surface area contributed by atoms with Crippen LogP contribution in [0.4, 0.5) is 0 Å². The Balaban J connectivity index is 2.79. The minimum Gasteiger partial charge on any atom is -0.591 e. The first-order valence-corrected chi connectivity index (χ1v) is 6.23. The van der Waals surface area contributed by atoms with Gasteiger partial charge in [0.1, 0.15) is 34.3 Å². The van der Waals surface area contributed by atoms with Crippen LogP contribution in [0.5, 0.6) is 0 Å². The van der Waals surface area contributed by atoms with E-state index >= 15 is 0 Å². The third kappa shape index (κ3) is 3.89. The van der Waals surface area contributed by atoms with Crippen LogP contribution in [0, 0.1) is 0 Å². The van der Waals surface area contributed by atoms with Crippen LogP contribution < -0.4 is 0 Å². The molecule has 15 heavy (non-hydrogen) atoms. The van der Waals surface area contributed by atoms with Gasteiger partial charge in [-0.3, -0.25) is 0 Å². The van der Waals surface area contributed by atoms with Crippen LogP contribution in [0.1, 0.15) is 26.5 Å². The van der Waals surface area contributed by atoms with E-state index in [0.29, 0.717) is 5.69 Å². The molecule has 0 aliphatic carbocycles. The van der Waals surface area contributed by atoms with E-state index in [-0.39, 0.29) is 4.75 Å². The highest BCUT2D eigenvalue weighted by molar-refractivity contribution is 9.10. The van der Waals surface area contributed by atoms with E-state index in [2.05, 4.69) is 30.3 Å². The van der Waals surface area contributed by atoms with Crippen molar-refractivity contribution in [2.24, 2.45) is 4.40 Å². The molecule has 0 radical (unpaired) electrons. The van der Waals surface area contributed by atoms with Gasteiger partial charge in [-0.05, 0) is 36.7 Å². The summed E-state index contributed by atoms with van der Waals surface area (Å²) in [6.45, 7) is 5.61. The topological polar surface area (TPSA) is 61.2 Å². The standard InChI is InChI=1S/C9H12BrN3OS/c1-9(2,3)15(14)13-5-8-7(10)4-11-6-12-8/h4-6H,1-3H3. The Hall–Kier alpha value is -0.460. The maximum atomic E-state index is 11.6. The van der Waals surface area contributed by atoms with Crippen molar-refractivity contribution in [3.8, 4) is 0 Å². The highest BCUT2D eigenvalue weighted by atomic mass is 79.9. The predicted molar refractivity (Wildman–Crippen MR) is 65.2 cm³/mol. The molecule has 1 rings (SSSR count). The molecule has 1 aromatic rings. The Kier molecular flexibility index (Phi) is 4.24. The summed E-state index contributed by atoms with van der Waals surface area (Å²) in [5, 5.41) is 0. The SMILES string of the molecule is CC(C)(C)[S+]([O-])N=Cc1ncncc1Br. The van der Waals surface area contributed by atoms with Crippen LogP contribution in [0.15, 0.2) is 21.4 Å². The van der Waals surface area contributed by atoms with Crippen molar-refractivity contribution >= 4 is 33.5 Å². The van der Waals surface area contributed by atoms with Crippen molar-refractivity contribution in [3.05, 3.63) is 22.7 Å². The summed E-state index contributed by atoms with van der Waals surface area (Å²) in [5.74, 6) is 0. The van der Waals surface area contributed by atoms with E-state index in [0.717, 1.165) is 4.47 Å². The van der Waals surface area contributed by atoms with Gasteiger partial charge in [-0.1, -0.05) is 4.40 Å². The minimum atomic E-state index is -1.26. The molecule has 0 N–H and O–H groups in total. The first-order chi connectivity index (χ1) is 6.91. The van der Waals surface area contributed by atoms with Gasteiger partial charge in [0.2, 0.25) is 0 Å². The molecule has 0 spiro atoms. The lowest BCUT2D eigenvalue weighted by Gasteiger charge is -2.17. The molecule has 0 amide bonds. The van der Waals surface area contributed by atoms with Gasteiger partial charge in [0, 0.05) is 6.20 Å². The van der Waals surface area contributed by atoms with Crippen molar-refractivity contribution in [3.63, 3.8) is 0 Å². The van der Waals surface area contributed by atoms with Gasteiger partial charge in [0.15, 0.2) is 0 Å². The fourth-order valence-electron chi connectivity index (χ4n) is 0.673. The van der Waals surface area contributed by atoms with Gasteiger partial charge in [-0.15, -0.1) is 0 Å². The average molecular weight is 290 g/mol. The first kappa shape index (κ1) is 12.6. The maximum Gasteiger partial charge on any atom is 0.144 e. The molecule has 4 nitrogen and oxygen atoms in total. The molecule has 0 saturated carbocycles. The summed E-state index contributed by atoms with van der Waals surface area (Å²) in [7, 11) is 0. The third-order valence-corrected chi connectivity index (χ3v) is 3.45. The quantitative estimate of drug-likeness (QED) is 0.619. The Morgan fingerprint density at radius 3 is 2.73 bits per heavy atom. The monoisotopic (exact) mass is 289 g/mol. The van der Waals surface area contributed by atoms with Crippen LogP contribution in [0.25, 0.3) is 0 Å². The van der Waals surface area contributed by atoms with Crippen LogP contribution >= 0.6 is 15.9 Å². The molecular weight excluding hydrogens is 278 g/mol. The van der Waals surface area contributed by atoms with Crippen molar-refractivity contribution in [2.45, 2.75) is 25.5 Å². The van der Waals surface area contributed by atoms with Gasteiger partial charge in [-0.25, -0.2) is 9.97 Å². The Morgan fingerprint density at radius 1 is 1.53 bits per heavy atom. The van der Waals surface area contributed by atoms with E-state index in [1.165, 1.54) is 12.5 Å². The van der Waals surface area contributed by atoms with Gasteiger partial charge in [0.05, 0.1) is 4.47 Å². The third-order valence-electron chi connectivity index (χ3n) is 1.49. The second-order valence-corrected chi connectivity index (χ2v) is 6.64. The lowest BCUT2D eigenvalue weighted by molar-refractivity contribution is 0.562. The van der Waals surface area contributed by atoms with E-state index in [9.17, 15) is 4.55 Å². The molecule has 82 valence electrons. The molecule has 0 fully saturated rings. The normalized spacial score (nSPS) is 14.5. The molecule has 1 unspecified atom stereocenters. The molecule has 0 bridgehead atoms. The summed E-state index contributed by atoms with van der Waals surface area (Å²) in [5.41, 5.74) is 0.627. The highest BCUT2D eigenvalue weighted by Crippen LogP contribution is 2.17. The van der Waals surface area contributed by atoms with Crippen molar-refractivity contribution in [1.82, 2.24) is 9.97 Å². The molecule has 1 atom stereocenters. The minimum absolute atomic E-state index is 0.351. The number of rotatable bonds is 2. The van der Waals surface area contributed by atoms with Crippen molar-refractivity contribution < 1.29 is 4.55 Å². The molecule has 6 heteroatoms. The summed E-state index contributed by atoms with van der Waals surface area (Å²) in [4.78, 5) is 7.82. The maximum absolute atomic E-state index is 11.6. The van der Waals surface area contributed by atoms with Gasteiger partial charge < -0.3 is 4.55 Å². The molecule has 0 aliphatic rings. The molecule has 0 aliphatic heterocycles. The highest BCUT2D eigenvalue weighted by Gasteiger charge is 2.25. The van der Waals surface area contributed by atoms with E-state index in [1.807, 2.05) is 20.8 Å². The largest absolute Gasteiger partial charge is 0.591 e. The fourth-order valence-corrected chi connectivity index (χ4v) is 1.51. The van der Waals surface area contributed by atoms with E-state index in [1.54, 1.807) is 6.20 Å². The molecular formula is C9H12BrN3OS. The second kappa shape index (κ2) is 5.05. The van der Waals surface area contributed by atoms with Crippen molar-refractivity contribution in [2.75, 3.05) is 0 Å². The smallest absolute Gasteiger partial charge is 0.144 e. The van der Waals surface area contributed by atoms with Crippen molar-refractivity contribution in [1.29, 1.82) is 0 Å². The predicted octanol–water partition coefficient (Wildman–Crippen LogP) is 2.12. The summed E-state index contributed by atoms with van der Waals surface area (Å²) in [6, 6.07) is 0. The van der Waals surface area contributed by atoms with E-state index < -0.39 is 11.4 Å². The lowest BCUT2D eigenvalue weighted by Crippen LogP contribution is -2.25. The first-order valence-electron chi connectivity index (χ1n) is 4.33. The zero-order valence-corrected chi connectivity index (χ0v) is 11.2. The number of aromatic nitrogens is 2. The van der Waals surface area contributed by atoms with Crippen LogP contribution in [-0.4, -0.2) is 25.5 Å². The Bertz CT molecular complexity index is 365. The zero-order valence-electron chi connectivity index (χ0n) is 8.77. The summed E-state index contributed by atoms with van der Waals surface area (Å²) in [6.07, 6.45) is 4.54. The van der Waals surface area contributed by atoms with Crippen LogP contribution in [-0.2, 0) is 11.4 Å². The number of nitrogens with zero attached hydrogens (tertiary/aromatic N) is 3. The van der Waals surface area contributed by atoms with E-state index in [4.69, 9.17) is 0 Å². The lowest BCUT2D eigenvalue weighted by atomic mass is 10.3. The van der Waals surface area contributed by atoms with Gasteiger partial charge >= 0.3 is 0 Å². The molecule has 0 aromatic carbocycles.